The van der Waals surface area contributed by atoms with Gasteiger partial charge in [0.15, 0.2) is 0 Å². The number of hydrazine groups is 1. The zero-order valence-corrected chi connectivity index (χ0v) is 11.5. The van der Waals surface area contributed by atoms with E-state index < -0.39 is 0 Å². The Hall–Kier alpha value is -0.0800. The molecule has 0 bridgehead atoms. The Balaban J connectivity index is 2.07. The van der Waals surface area contributed by atoms with Gasteiger partial charge in [-0.1, -0.05) is 45.4 Å². The second-order valence-electron chi connectivity index (χ2n) is 6.32. The molecule has 1 unspecified atom stereocenters. The molecule has 100 valence electrons. The summed E-state index contributed by atoms with van der Waals surface area (Å²) in [7, 11) is 0. The van der Waals surface area contributed by atoms with Crippen LogP contribution in [0.25, 0.3) is 0 Å². The molecule has 0 amide bonds. The Labute approximate surface area is 107 Å². The zero-order valence-electron chi connectivity index (χ0n) is 11.5. The zero-order chi connectivity index (χ0) is 12.1. The van der Waals surface area contributed by atoms with Gasteiger partial charge in [-0.25, -0.2) is 0 Å². The van der Waals surface area contributed by atoms with Crippen molar-refractivity contribution >= 4 is 0 Å². The standard InChI is InChI=1S/C15H30N2/c1-2-15(11-7-8-12-15)14(17-16)13-9-5-3-4-6-10-13/h13-14,17H,2-12,16H2,1H3. The van der Waals surface area contributed by atoms with Crippen LogP contribution in [0.1, 0.15) is 77.6 Å². The molecule has 2 nitrogen and oxygen atoms in total. The first kappa shape index (κ1) is 13.4. The Morgan fingerprint density at radius 1 is 1.06 bits per heavy atom. The molecular formula is C15H30N2. The summed E-state index contributed by atoms with van der Waals surface area (Å²) >= 11 is 0. The van der Waals surface area contributed by atoms with Gasteiger partial charge >= 0.3 is 0 Å². The second kappa shape index (κ2) is 6.19. The summed E-state index contributed by atoms with van der Waals surface area (Å²) in [5.74, 6) is 6.78. The maximum atomic E-state index is 5.95. The smallest absolute Gasteiger partial charge is 0.0295 e. The molecule has 0 spiro atoms. The monoisotopic (exact) mass is 238 g/mol. The minimum atomic E-state index is 0.518. The first-order valence-corrected chi connectivity index (χ1v) is 7.78. The molecule has 2 saturated carbocycles. The van der Waals surface area contributed by atoms with Gasteiger partial charge in [0.2, 0.25) is 0 Å². The average Bonchev–Trinajstić information content (AvgIpc) is 2.68. The highest BCUT2D eigenvalue weighted by molar-refractivity contribution is 4.96. The van der Waals surface area contributed by atoms with Gasteiger partial charge in [0.25, 0.3) is 0 Å². The molecule has 0 aromatic rings. The number of rotatable bonds is 4. The van der Waals surface area contributed by atoms with Crippen LogP contribution in [0.5, 0.6) is 0 Å². The van der Waals surface area contributed by atoms with Crippen LogP contribution < -0.4 is 11.3 Å². The molecule has 0 heterocycles. The van der Waals surface area contributed by atoms with E-state index in [2.05, 4.69) is 12.3 Å². The van der Waals surface area contributed by atoms with Crippen LogP contribution in [0, 0.1) is 11.3 Å². The van der Waals surface area contributed by atoms with E-state index in [1.807, 2.05) is 0 Å². The molecule has 2 fully saturated rings. The molecular weight excluding hydrogens is 208 g/mol. The third kappa shape index (κ3) is 2.85. The Morgan fingerprint density at radius 2 is 1.65 bits per heavy atom. The summed E-state index contributed by atoms with van der Waals surface area (Å²) in [5.41, 5.74) is 3.75. The fourth-order valence-electron chi connectivity index (χ4n) is 4.42. The van der Waals surface area contributed by atoms with Gasteiger partial charge in [-0.2, -0.15) is 0 Å². The van der Waals surface area contributed by atoms with Crippen LogP contribution in [0.15, 0.2) is 0 Å². The van der Waals surface area contributed by atoms with Crippen molar-refractivity contribution in [2.75, 3.05) is 0 Å². The molecule has 0 aliphatic heterocycles. The average molecular weight is 238 g/mol. The predicted molar refractivity (Wildman–Crippen MR) is 73.5 cm³/mol. The van der Waals surface area contributed by atoms with Crippen molar-refractivity contribution in [2.45, 2.75) is 83.6 Å². The van der Waals surface area contributed by atoms with E-state index in [0.717, 1.165) is 5.92 Å². The molecule has 3 N–H and O–H groups in total. The summed E-state index contributed by atoms with van der Waals surface area (Å²) < 4.78 is 0. The number of hydrogen-bond acceptors (Lipinski definition) is 2. The Kier molecular flexibility index (Phi) is 4.87. The van der Waals surface area contributed by atoms with E-state index in [1.165, 1.54) is 70.6 Å². The van der Waals surface area contributed by atoms with Crippen LogP contribution in [0.2, 0.25) is 0 Å². The molecule has 2 aliphatic carbocycles. The summed E-state index contributed by atoms with van der Waals surface area (Å²) in [6.07, 6.45) is 15.4. The number of nitrogens with two attached hydrogens (primary N) is 1. The topological polar surface area (TPSA) is 38.0 Å². The molecule has 2 rings (SSSR count). The minimum Gasteiger partial charge on any atom is -0.271 e. The lowest BCUT2D eigenvalue weighted by molar-refractivity contribution is 0.123. The minimum absolute atomic E-state index is 0.518. The van der Waals surface area contributed by atoms with Crippen LogP contribution in [0.4, 0.5) is 0 Å². The van der Waals surface area contributed by atoms with Gasteiger partial charge in [0, 0.05) is 6.04 Å². The van der Waals surface area contributed by atoms with E-state index in [9.17, 15) is 0 Å². The predicted octanol–water partition coefficient (Wildman–Crippen LogP) is 3.76. The van der Waals surface area contributed by atoms with Crippen LogP contribution >= 0.6 is 0 Å². The van der Waals surface area contributed by atoms with Crippen LogP contribution in [0.3, 0.4) is 0 Å². The fraction of sp³-hybridized carbons (Fsp3) is 1.00. The van der Waals surface area contributed by atoms with Crippen LogP contribution in [-0.4, -0.2) is 6.04 Å². The molecule has 17 heavy (non-hydrogen) atoms. The van der Waals surface area contributed by atoms with Crippen molar-refractivity contribution < 1.29 is 0 Å². The SMILES string of the molecule is CCC1(C(NN)C2CCCCCC2)CCCC1. The van der Waals surface area contributed by atoms with E-state index in [1.54, 1.807) is 0 Å². The summed E-state index contributed by atoms with van der Waals surface area (Å²) in [6.45, 7) is 2.37. The molecule has 2 heteroatoms. The van der Waals surface area contributed by atoms with E-state index in [-0.39, 0.29) is 0 Å². The maximum Gasteiger partial charge on any atom is 0.0295 e. The van der Waals surface area contributed by atoms with Gasteiger partial charge in [-0.3, -0.25) is 11.3 Å². The highest BCUT2D eigenvalue weighted by Gasteiger charge is 2.42. The summed E-state index contributed by atoms with van der Waals surface area (Å²) in [6, 6.07) is 0.577. The van der Waals surface area contributed by atoms with Crippen LogP contribution in [-0.2, 0) is 0 Å². The first-order valence-electron chi connectivity index (χ1n) is 7.78. The fourth-order valence-corrected chi connectivity index (χ4v) is 4.42. The van der Waals surface area contributed by atoms with Crippen molar-refractivity contribution in [1.29, 1.82) is 0 Å². The molecule has 1 atom stereocenters. The quantitative estimate of drug-likeness (QED) is 0.444. The third-order valence-corrected chi connectivity index (χ3v) is 5.51. The molecule has 0 aromatic heterocycles. The van der Waals surface area contributed by atoms with Gasteiger partial charge in [-0.15, -0.1) is 0 Å². The highest BCUT2D eigenvalue weighted by Crippen LogP contribution is 2.47. The maximum absolute atomic E-state index is 5.95. The van der Waals surface area contributed by atoms with Crippen molar-refractivity contribution in [2.24, 2.45) is 17.2 Å². The molecule has 2 aliphatic rings. The van der Waals surface area contributed by atoms with Crippen molar-refractivity contribution in [3.05, 3.63) is 0 Å². The van der Waals surface area contributed by atoms with E-state index in [0.29, 0.717) is 11.5 Å². The molecule has 0 aromatic carbocycles. The highest BCUT2D eigenvalue weighted by atomic mass is 15.2. The number of nitrogens with one attached hydrogen (secondary N) is 1. The van der Waals surface area contributed by atoms with E-state index >= 15 is 0 Å². The summed E-state index contributed by atoms with van der Waals surface area (Å²) in [4.78, 5) is 0. The third-order valence-electron chi connectivity index (χ3n) is 5.51. The normalized spacial score (nSPS) is 27.9. The van der Waals surface area contributed by atoms with Gasteiger partial charge in [-0.05, 0) is 43.4 Å². The number of hydrogen-bond donors (Lipinski definition) is 2. The van der Waals surface area contributed by atoms with Gasteiger partial charge in [0.1, 0.15) is 0 Å². The largest absolute Gasteiger partial charge is 0.271 e. The first-order chi connectivity index (χ1) is 8.32. The lowest BCUT2D eigenvalue weighted by Gasteiger charge is -2.41. The second-order valence-corrected chi connectivity index (χ2v) is 6.32. The summed E-state index contributed by atoms with van der Waals surface area (Å²) in [5, 5.41) is 0. The van der Waals surface area contributed by atoms with Crippen molar-refractivity contribution in [1.82, 2.24) is 5.43 Å². The van der Waals surface area contributed by atoms with Crippen molar-refractivity contribution in [3.63, 3.8) is 0 Å². The van der Waals surface area contributed by atoms with Gasteiger partial charge in [0.05, 0.1) is 0 Å². The Morgan fingerprint density at radius 3 is 2.12 bits per heavy atom. The van der Waals surface area contributed by atoms with Crippen molar-refractivity contribution in [3.8, 4) is 0 Å². The lowest BCUT2D eigenvalue weighted by Crippen LogP contribution is -2.51. The van der Waals surface area contributed by atoms with Gasteiger partial charge < -0.3 is 0 Å². The molecule has 0 saturated heterocycles. The Bertz CT molecular complexity index is 213. The van der Waals surface area contributed by atoms with E-state index in [4.69, 9.17) is 5.84 Å². The molecule has 0 radical (unpaired) electrons. The lowest BCUT2D eigenvalue weighted by atomic mass is 9.69.